The van der Waals surface area contributed by atoms with E-state index in [2.05, 4.69) is 36.3 Å². The third-order valence-electron chi connectivity index (χ3n) is 3.91. The summed E-state index contributed by atoms with van der Waals surface area (Å²) in [6.45, 7) is 0. The Kier molecular flexibility index (Phi) is 5.81. The minimum Gasteiger partial charge on any atom is -0.497 e. The second kappa shape index (κ2) is 8.66. The van der Waals surface area contributed by atoms with Crippen molar-refractivity contribution in [1.82, 2.24) is 20.3 Å². The zero-order chi connectivity index (χ0) is 20.2. The Balaban J connectivity index is 1.45. The van der Waals surface area contributed by atoms with E-state index in [4.69, 9.17) is 18.4 Å². The first kappa shape index (κ1) is 19.5. The fourth-order valence-electron chi connectivity index (χ4n) is 2.54. The van der Waals surface area contributed by atoms with Crippen LogP contribution in [0.1, 0.15) is 5.89 Å². The average Bonchev–Trinajstić information content (AvgIpc) is 3.41. The van der Waals surface area contributed by atoms with Gasteiger partial charge in [0, 0.05) is 16.1 Å². The van der Waals surface area contributed by atoms with Crippen molar-refractivity contribution in [2.45, 2.75) is 11.0 Å². The van der Waals surface area contributed by atoms with Crippen molar-refractivity contribution < 1.29 is 18.4 Å². The Hall–Kier alpha value is -2.85. The first-order chi connectivity index (χ1) is 14.2. The van der Waals surface area contributed by atoms with Gasteiger partial charge in [-0.3, -0.25) is 0 Å². The Morgan fingerprint density at radius 3 is 2.76 bits per heavy atom. The van der Waals surface area contributed by atoms with Crippen LogP contribution in [0.15, 0.2) is 61.1 Å². The Bertz CT molecular complexity index is 1130. The Morgan fingerprint density at radius 2 is 1.97 bits per heavy atom. The van der Waals surface area contributed by atoms with E-state index >= 15 is 0 Å². The van der Waals surface area contributed by atoms with Crippen LogP contribution >= 0.6 is 27.7 Å². The maximum absolute atomic E-state index is 5.70. The molecule has 0 fully saturated rings. The first-order valence-electron chi connectivity index (χ1n) is 8.43. The van der Waals surface area contributed by atoms with Crippen LogP contribution in [0.4, 0.5) is 0 Å². The van der Waals surface area contributed by atoms with Crippen LogP contribution in [0, 0.1) is 0 Å². The lowest BCUT2D eigenvalue weighted by atomic mass is 10.2. The summed E-state index contributed by atoms with van der Waals surface area (Å²) in [5.74, 6) is 2.99. The van der Waals surface area contributed by atoms with Crippen LogP contribution in [0.5, 0.6) is 11.5 Å². The molecule has 10 heteroatoms. The van der Waals surface area contributed by atoms with E-state index in [9.17, 15) is 0 Å². The summed E-state index contributed by atoms with van der Waals surface area (Å²) in [7, 11) is 3.17. The van der Waals surface area contributed by atoms with Gasteiger partial charge in [-0.05, 0) is 30.3 Å². The number of aromatic nitrogens is 4. The van der Waals surface area contributed by atoms with Gasteiger partial charge in [0.25, 0.3) is 5.22 Å². The Labute approximate surface area is 178 Å². The van der Waals surface area contributed by atoms with Gasteiger partial charge in [0.05, 0.1) is 25.5 Å². The maximum Gasteiger partial charge on any atom is 0.277 e. The molecule has 0 unspecified atom stereocenters. The van der Waals surface area contributed by atoms with E-state index in [1.54, 1.807) is 20.3 Å². The fourth-order valence-corrected chi connectivity index (χ4v) is 3.54. The normalized spacial score (nSPS) is 10.9. The van der Waals surface area contributed by atoms with Gasteiger partial charge in [-0.15, -0.1) is 10.2 Å². The number of thioether (sulfide) groups is 1. The molecule has 4 aromatic rings. The van der Waals surface area contributed by atoms with Crippen molar-refractivity contribution in [1.29, 1.82) is 0 Å². The number of ether oxygens (including phenoxy) is 2. The van der Waals surface area contributed by atoms with Gasteiger partial charge in [0.15, 0.2) is 0 Å². The Morgan fingerprint density at radius 1 is 1.07 bits per heavy atom. The van der Waals surface area contributed by atoms with Crippen molar-refractivity contribution in [3.63, 3.8) is 0 Å². The number of rotatable bonds is 7. The summed E-state index contributed by atoms with van der Waals surface area (Å²) in [5.41, 5.74) is 1.55. The smallest absolute Gasteiger partial charge is 0.277 e. The van der Waals surface area contributed by atoms with E-state index in [1.165, 1.54) is 11.8 Å². The highest BCUT2D eigenvalue weighted by molar-refractivity contribution is 9.10. The van der Waals surface area contributed by atoms with Crippen molar-refractivity contribution in [3.05, 3.63) is 52.8 Å². The molecular formula is C19H15BrN4O4S. The number of nitrogens with zero attached hydrogens (tertiary/aromatic N) is 4. The van der Waals surface area contributed by atoms with Crippen LogP contribution < -0.4 is 9.47 Å². The molecule has 2 heterocycles. The largest absolute Gasteiger partial charge is 0.497 e. The molecule has 2 aromatic carbocycles. The van der Waals surface area contributed by atoms with Crippen LogP contribution in [0.2, 0.25) is 0 Å². The summed E-state index contributed by atoms with van der Waals surface area (Å²) in [5, 5.41) is 12.6. The van der Waals surface area contributed by atoms with Crippen LogP contribution in [0.25, 0.3) is 22.8 Å². The molecule has 0 aliphatic carbocycles. The number of methoxy groups -OCH3 is 2. The molecule has 0 N–H and O–H groups in total. The van der Waals surface area contributed by atoms with Gasteiger partial charge in [0.1, 0.15) is 11.5 Å². The molecular weight excluding hydrogens is 460 g/mol. The molecule has 148 valence electrons. The third-order valence-corrected chi connectivity index (χ3v) is 5.21. The molecule has 0 aliphatic heterocycles. The lowest BCUT2D eigenvalue weighted by Gasteiger charge is -2.07. The maximum atomic E-state index is 5.70. The summed E-state index contributed by atoms with van der Waals surface area (Å²) < 4.78 is 22.6. The lowest BCUT2D eigenvalue weighted by Crippen LogP contribution is -1.91. The second-order valence-corrected chi connectivity index (χ2v) is 7.59. The van der Waals surface area contributed by atoms with Gasteiger partial charge in [-0.25, -0.2) is 0 Å². The molecule has 0 radical (unpaired) electrons. The predicted molar refractivity (Wildman–Crippen MR) is 110 cm³/mol. The summed E-state index contributed by atoms with van der Waals surface area (Å²) in [6, 6.07) is 13.0. The number of halogens is 1. The van der Waals surface area contributed by atoms with E-state index < -0.39 is 0 Å². The zero-order valence-corrected chi connectivity index (χ0v) is 17.9. The van der Waals surface area contributed by atoms with E-state index in [0.29, 0.717) is 45.6 Å². The molecule has 0 spiro atoms. The minimum atomic E-state index is 0.394. The summed E-state index contributed by atoms with van der Waals surface area (Å²) in [4.78, 5) is 4.42. The molecule has 29 heavy (non-hydrogen) atoms. The molecule has 0 atom stereocenters. The molecule has 0 amide bonds. The minimum absolute atomic E-state index is 0.394. The molecule has 0 aliphatic rings. The van der Waals surface area contributed by atoms with Crippen molar-refractivity contribution in [2.75, 3.05) is 14.2 Å². The van der Waals surface area contributed by atoms with E-state index in [-0.39, 0.29) is 0 Å². The third kappa shape index (κ3) is 4.43. The quantitative estimate of drug-likeness (QED) is 0.347. The van der Waals surface area contributed by atoms with Gasteiger partial charge >= 0.3 is 0 Å². The van der Waals surface area contributed by atoms with Crippen molar-refractivity contribution in [2.24, 2.45) is 0 Å². The lowest BCUT2D eigenvalue weighted by molar-refractivity contribution is 0.387. The van der Waals surface area contributed by atoms with E-state index in [1.807, 2.05) is 36.4 Å². The first-order valence-corrected chi connectivity index (χ1v) is 10.2. The van der Waals surface area contributed by atoms with Gasteiger partial charge < -0.3 is 18.4 Å². The highest BCUT2D eigenvalue weighted by Gasteiger charge is 2.16. The molecule has 4 rings (SSSR count). The molecule has 8 nitrogen and oxygen atoms in total. The standard InChI is InChI=1S/C19H15BrN4O4S/c1-25-13-6-7-14(15(9-13)26-2)17-21-16(28-24-17)10-29-19-23-22-18(27-19)11-4-3-5-12(20)8-11/h3-9H,10H2,1-2H3. The van der Waals surface area contributed by atoms with Gasteiger partial charge in [0.2, 0.25) is 17.6 Å². The molecule has 0 saturated carbocycles. The molecule has 0 saturated heterocycles. The van der Waals surface area contributed by atoms with Gasteiger partial charge in [-0.2, -0.15) is 4.98 Å². The van der Waals surface area contributed by atoms with Crippen LogP contribution in [-0.4, -0.2) is 34.6 Å². The highest BCUT2D eigenvalue weighted by Crippen LogP contribution is 2.32. The number of hydrogen-bond donors (Lipinski definition) is 0. The molecule has 0 bridgehead atoms. The predicted octanol–water partition coefficient (Wildman–Crippen LogP) is 4.86. The zero-order valence-electron chi connectivity index (χ0n) is 15.5. The highest BCUT2D eigenvalue weighted by atomic mass is 79.9. The number of benzene rings is 2. The van der Waals surface area contributed by atoms with Crippen molar-refractivity contribution >= 4 is 27.7 Å². The van der Waals surface area contributed by atoms with Gasteiger partial charge in [-0.1, -0.05) is 38.9 Å². The summed E-state index contributed by atoms with van der Waals surface area (Å²) in [6.07, 6.45) is 0. The van der Waals surface area contributed by atoms with E-state index in [0.717, 1.165) is 10.0 Å². The average molecular weight is 475 g/mol. The van der Waals surface area contributed by atoms with Crippen molar-refractivity contribution in [3.8, 4) is 34.3 Å². The number of hydrogen-bond acceptors (Lipinski definition) is 9. The molecule has 2 aromatic heterocycles. The SMILES string of the molecule is COc1ccc(-c2noc(CSc3nnc(-c4cccc(Br)c4)o3)n2)c(OC)c1. The monoisotopic (exact) mass is 474 g/mol. The van der Waals surface area contributed by atoms with Crippen LogP contribution in [-0.2, 0) is 5.75 Å². The second-order valence-electron chi connectivity index (χ2n) is 5.75. The fraction of sp³-hybridized carbons (Fsp3) is 0.158. The topological polar surface area (TPSA) is 96.3 Å². The van der Waals surface area contributed by atoms with Crippen LogP contribution in [0.3, 0.4) is 0 Å². The summed E-state index contributed by atoms with van der Waals surface area (Å²) >= 11 is 4.75.